The van der Waals surface area contributed by atoms with Gasteiger partial charge in [0.25, 0.3) is 0 Å². The van der Waals surface area contributed by atoms with Gasteiger partial charge in [-0.1, -0.05) is 41.9 Å². The summed E-state index contributed by atoms with van der Waals surface area (Å²) in [6.07, 6.45) is -0.0353. The van der Waals surface area contributed by atoms with Gasteiger partial charge in [0, 0.05) is 23.5 Å². The summed E-state index contributed by atoms with van der Waals surface area (Å²) in [6.45, 7) is 4.30. The molecule has 5 heteroatoms. The predicted octanol–water partition coefficient (Wildman–Crippen LogP) is 2.91. The molecule has 1 aromatic carbocycles. The van der Waals surface area contributed by atoms with E-state index >= 15 is 0 Å². The molecule has 0 fully saturated rings. The van der Waals surface area contributed by atoms with Gasteiger partial charge in [-0.2, -0.15) is 0 Å². The first-order chi connectivity index (χ1) is 8.90. The highest BCUT2D eigenvalue weighted by atomic mass is 79.9. The molecule has 0 aliphatic rings. The van der Waals surface area contributed by atoms with Crippen LogP contribution in [0.5, 0.6) is 0 Å². The molecule has 1 N–H and O–H groups in total. The summed E-state index contributed by atoms with van der Waals surface area (Å²) in [6, 6.07) is 7.66. The number of amides is 1. The summed E-state index contributed by atoms with van der Waals surface area (Å²) < 4.78 is 0.945. The topological polar surface area (TPSA) is 57.6 Å². The average molecular weight is 328 g/mol. The Morgan fingerprint density at radius 2 is 2.05 bits per heavy atom. The van der Waals surface area contributed by atoms with Crippen molar-refractivity contribution in [2.24, 2.45) is 5.92 Å². The second-order valence-corrected chi connectivity index (χ2v) is 5.60. The van der Waals surface area contributed by atoms with Crippen molar-refractivity contribution in [2.75, 3.05) is 6.54 Å². The molecule has 0 aliphatic heterocycles. The number of carbonyl (C=O) groups excluding carboxylic acids is 1. The molecule has 0 aliphatic carbocycles. The molecule has 0 radical (unpaired) electrons. The van der Waals surface area contributed by atoms with Crippen LogP contribution >= 0.6 is 15.9 Å². The first-order valence-electron chi connectivity index (χ1n) is 6.15. The van der Waals surface area contributed by atoms with E-state index < -0.39 is 5.97 Å². The van der Waals surface area contributed by atoms with E-state index in [0.717, 1.165) is 10.0 Å². The Kier molecular flexibility index (Phi) is 6.02. The molecule has 0 saturated carbocycles. The van der Waals surface area contributed by atoms with Gasteiger partial charge < -0.3 is 10.0 Å². The SMILES string of the molecule is CC(C)C(=O)N(CCC(=O)O)Cc1cccc(Br)c1. The Bertz CT molecular complexity index is 460. The fraction of sp³-hybridized carbons (Fsp3) is 0.429. The molecule has 0 atom stereocenters. The number of carbonyl (C=O) groups is 2. The van der Waals surface area contributed by atoms with E-state index in [0.29, 0.717) is 6.54 Å². The van der Waals surface area contributed by atoms with Crippen molar-refractivity contribution >= 4 is 27.8 Å². The third-order valence-electron chi connectivity index (χ3n) is 2.66. The normalized spacial score (nSPS) is 10.5. The molecule has 1 amide bonds. The van der Waals surface area contributed by atoms with Crippen molar-refractivity contribution in [1.82, 2.24) is 4.90 Å². The number of carboxylic acid groups (broad SMARTS) is 1. The molecule has 0 saturated heterocycles. The first kappa shape index (κ1) is 15.7. The first-order valence-corrected chi connectivity index (χ1v) is 6.94. The lowest BCUT2D eigenvalue weighted by atomic mass is 10.1. The van der Waals surface area contributed by atoms with E-state index in [9.17, 15) is 9.59 Å². The van der Waals surface area contributed by atoms with Gasteiger partial charge in [-0.25, -0.2) is 0 Å². The zero-order chi connectivity index (χ0) is 14.4. The number of carboxylic acids is 1. The van der Waals surface area contributed by atoms with Gasteiger partial charge in [0.05, 0.1) is 6.42 Å². The van der Waals surface area contributed by atoms with Crippen LogP contribution in [-0.2, 0) is 16.1 Å². The molecule has 19 heavy (non-hydrogen) atoms. The molecule has 0 bridgehead atoms. The smallest absolute Gasteiger partial charge is 0.305 e. The van der Waals surface area contributed by atoms with Crippen molar-refractivity contribution in [1.29, 1.82) is 0 Å². The van der Waals surface area contributed by atoms with E-state index in [1.807, 2.05) is 38.1 Å². The lowest BCUT2D eigenvalue weighted by Gasteiger charge is -2.24. The van der Waals surface area contributed by atoms with Crippen LogP contribution in [-0.4, -0.2) is 28.4 Å². The number of hydrogen-bond acceptors (Lipinski definition) is 2. The van der Waals surface area contributed by atoms with Gasteiger partial charge >= 0.3 is 5.97 Å². The van der Waals surface area contributed by atoms with E-state index in [4.69, 9.17) is 5.11 Å². The van der Waals surface area contributed by atoms with Gasteiger partial charge in [0.2, 0.25) is 5.91 Å². The van der Waals surface area contributed by atoms with Gasteiger partial charge in [0.15, 0.2) is 0 Å². The van der Waals surface area contributed by atoms with Crippen LogP contribution in [0.15, 0.2) is 28.7 Å². The third kappa shape index (κ3) is 5.42. The molecular formula is C14H18BrNO3. The summed E-state index contributed by atoms with van der Waals surface area (Å²) >= 11 is 3.38. The number of benzene rings is 1. The van der Waals surface area contributed by atoms with Crippen molar-refractivity contribution in [3.05, 3.63) is 34.3 Å². The van der Waals surface area contributed by atoms with Crippen molar-refractivity contribution in [3.8, 4) is 0 Å². The summed E-state index contributed by atoms with van der Waals surface area (Å²) in [4.78, 5) is 24.3. The monoisotopic (exact) mass is 327 g/mol. The minimum Gasteiger partial charge on any atom is -0.481 e. The number of halogens is 1. The third-order valence-corrected chi connectivity index (χ3v) is 3.16. The zero-order valence-electron chi connectivity index (χ0n) is 11.1. The van der Waals surface area contributed by atoms with Crippen LogP contribution in [0.25, 0.3) is 0 Å². The Balaban J connectivity index is 2.78. The summed E-state index contributed by atoms with van der Waals surface area (Å²) in [5.41, 5.74) is 0.980. The molecular weight excluding hydrogens is 310 g/mol. The molecule has 104 valence electrons. The molecule has 0 spiro atoms. The van der Waals surface area contributed by atoms with Crippen molar-refractivity contribution in [2.45, 2.75) is 26.8 Å². The van der Waals surface area contributed by atoms with E-state index in [2.05, 4.69) is 15.9 Å². The summed E-state index contributed by atoms with van der Waals surface area (Å²) in [5.74, 6) is -1.06. The average Bonchev–Trinajstić information content (AvgIpc) is 2.33. The van der Waals surface area contributed by atoms with Crippen molar-refractivity contribution < 1.29 is 14.7 Å². The number of aliphatic carboxylic acids is 1. The molecule has 4 nitrogen and oxygen atoms in total. The van der Waals surface area contributed by atoms with Crippen LogP contribution in [0, 0.1) is 5.92 Å². The quantitative estimate of drug-likeness (QED) is 0.873. The van der Waals surface area contributed by atoms with Gasteiger partial charge in [0.1, 0.15) is 0 Å². The largest absolute Gasteiger partial charge is 0.481 e. The van der Waals surface area contributed by atoms with E-state index in [-0.39, 0.29) is 24.8 Å². The zero-order valence-corrected chi connectivity index (χ0v) is 12.7. The minimum absolute atomic E-state index is 0.0266. The van der Waals surface area contributed by atoms with Crippen LogP contribution in [0.2, 0.25) is 0 Å². The lowest BCUT2D eigenvalue weighted by molar-refractivity contribution is -0.139. The van der Waals surface area contributed by atoms with Crippen LogP contribution in [0.4, 0.5) is 0 Å². The maximum atomic E-state index is 12.1. The standard InChI is InChI=1S/C14H18BrNO3/c1-10(2)14(19)16(7-6-13(17)18)9-11-4-3-5-12(15)8-11/h3-5,8,10H,6-7,9H2,1-2H3,(H,17,18). The summed E-state index contributed by atoms with van der Waals surface area (Å²) in [5, 5.41) is 8.75. The molecule has 1 rings (SSSR count). The van der Waals surface area contributed by atoms with E-state index in [1.165, 1.54) is 0 Å². The Morgan fingerprint density at radius 1 is 1.37 bits per heavy atom. The van der Waals surface area contributed by atoms with Gasteiger partial charge in [-0.3, -0.25) is 9.59 Å². The maximum Gasteiger partial charge on any atom is 0.305 e. The highest BCUT2D eigenvalue weighted by Gasteiger charge is 2.18. The van der Waals surface area contributed by atoms with Gasteiger partial charge in [-0.05, 0) is 17.7 Å². The molecule has 1 aromatic rings. The summed E-state index contributed by atoms with van der Waals surface area (Å²) in [7, 11) is 0. The fourth-order valence-corrected chi connectivity index (χ4v) is 2.17. The van der Waals surface area contributed by atoms with Gasteiger partial charge in [-0.15, -0.1) is 0 Å². The van der Waals surface area contributed by atoms with E-state index in [1.54, 1.807) is 4.90 Å². The molecule has 0 heterocycles. The predicted molar refractivity (Wildman–Crippen MR) is 76.6 cm³/mol. The second-order valence-electron chi connectivity index (χ2n) is 4.69. The van der Waals surface area contributed by atoms with Crippen LogP contribution in [0.1, 0.15) is 25.8 Å². The Hall–Kier alpha value is -1.36. The Morgan fingerprint density at radius 3 is 2.58 bits per heavy atom. The number of rotatable bonds is 6. The maximum absolute atomic E-state index is 12.1. The minimum atomic E-state index is -0.893. The number of hydrogen-bond donors (Lipinski definition) is 1. The lowest BCUT2D eigenvalue weighted by Crippen LogP contribution is -2.35. The number of nitrogens with zero attached hydrogens (tertiary/aromatic N) is 1. The molecule has 0 unspecified atom stereocenters. The highest BCUT2D eigenvalue weighted by molar-refractivity contribution is 9.10. The van der Waals surface area contributed by atoms with Crippen LogP contribution in [0.3, 0.4) is 0 Å². The van der Waals surface area contributed by atoms with Crippen molar-refractivity contribution in [3.63, 3.8) is 0 Å². The molecule has 0 aromatic heterocycles. The fourth-order valence-electron chi connectivity index (χ4n) is 1.72. The second kappa shape index (κ2) is 7.28. The Labute approximate surface area is 121 Å². The van der Waals surface area contributed by atoms with Crippen LogP contribution < -0.4 is 0 Å². The highest BCUT2D eigenvalue weighted by Crippen LogP contribution is 2.15.